The number of nitrogens with one attached hydrogen (secondary N) is 1. The number of amides is 1. The van der Waals surface area contributed by atoms with Gasteiger partial charge in [0.2, 0.25) is 5.91 Å². The van der Waals surface area contributed by atoms with Gasteiger partial charge in [-0.2, -0.15) is 0 Å². The van der Waals surface area contributed by atoms with Gasteiger partial charge in [0.25, 0.3) is 0 Å². The highest BCUT2D eigenvalue weighted by molar-refractivity contribution is 5.91. The molecule has 152 valence electrons. The molecule has 0 radical (unpaired) electrons. The Morgan fingerprint density at radius 2 is 1.97 bits per heavy atom. The fourth-order valence-corrected chi connectivity index (χ4v) is 3.17. The Bertz CT molecular complexity index is 1240. The molecule has 0 atom stereocenters. The summed E-state index contributed by atoms with van der Waals surface area (Å²) in [6, 6.07) is 13.1. The van der Waals surface area contributed by atoms with Crippen molar-refractivity contribution in [2.75, 3.05) is 6.54 Å². The monoisotopic (exact) mass is 406 g/mol. The van der Waals surface area contributed by atoms with Crippen LogP contribution in [0.15, 0.2) is 76.3 Å². The molecule has 0 unspecified atom stereocenters. The zero-order valence-electron chi connectivity index (χ0n) is 16.0. The Labute approximate surface area is 171 Å². The summed E-state index contributed by atoms with van der Waals surface area (Å²) in [6.07, 6.45) is 6.08. The van der Waals surface area contributed by atoms with Crippen LogP contribution in [0, 0.1) is 5.82 Å². The number of benzene rings is 1. The topological polar surface area (TPSA) is 82.1 Å². The Balaban J connectivity index is 1.50. The van der Waals surface area contributed by atoms with Gasteiger partial charge >= 0.3 is 5.69 Å². The van der Waals surface area contributed by atoms with Crippen LogP contribution in [0.4, 0.5) is 4.39 Å². The summed E-state index contributed by atoms with van der Waals surface area (Å²) in [5.41, 5.74) is 1.77. The van der Waals surface area contributed by atoms with Crippen LogP contribution in [0.5, 0.6) is 0 Å². The SMILES string of the molecule is O=C(/C=C/c1ccco1)NCCn1c(=O)n(Cc2ccc(F)cc2)c2cccnc21. The van der Waals surface area contributed by atoms with E-state index in [0.29, 0.717) is 23.5 Å². The average Bonchev–Trinajstić information content (AvgIpc) is 3.36. The molecule has 0 spiro atoms. The predicted molar refractivity (Wildman–Crippen MR) is 110 cm³/mol. The molecule has 0 aliphatic carbocycles. The minimum atomic E-state index is -0.327. The number of imidazole rings is 1. The summed E-state index contributed by atoms with van der Waals surface area (Å²) >= 11 is 0. The third kappa shape index (κ3) is 4.22. The van der Waals surface area contributed by atoms with Crippen molar-refractivity contribution in [2.45, 2.75) is 13.1 Å². The molecule has 1 N–H and O–H groups in total. The van der Waals surface area contributed by atoms with Crippen molar-refractivity contribution in [3.63, 3.8) is 0 Å². The predicted octanol–water partition coefficient (Wildman–Crippen LogP) is 2.81. The van der Waals surface area contributed by atoms with Gasteiger partial charge in [-0.25, -0.2) is 14.2 Å². The van der Waals surface area contributed by atoms with Gasteiger partial charge in [-0.05, 0) is 48.0 Å². The van der Waals surface area contributed by atoms with Crippen LogP contribution in [0.3, 0.4) is 0 Å². The van der Waals surface area contributed by atoms with E-state index >= 15 is 0 Å². The van der Waals surface area contributed by atoms with E-state index in [1.165, 1.54) is 29.0 Å². The van der Waals surface area contributed by atoms with Crippen molar-refractivity contribution in [3.8, 4) is 0 Å². The molecule has 7 nitrogen and oxygen atoms in total. The molecule has 3 heterocycles. The summed E-state index contributed by atoms with van der Waals surface area (Å²) in [4.78, 5) is 29.3. The van der Waals surface area contributed by atoms with E-state index in [-0.39, 0.29) is 30.5 Å². The van der Waals surface area contributed by atoms with Crippen LogP contribution >= 0.6 is 0 Å². The smallest absolute Gasteiger partial charge is 0.330 e. The van der Waals surface area contributed by atoms with Crippen LogP contribution in [0.2, 0.25) is 0 Å². The van der Waals surface area contributed by atoms with E-state index in [9.17, 15) is 14.0 Å². The van der Waals surface area contributed by atoms with Gasteiger partial charge in [0.05, 0.1) is 18.3 Å². The van der Waals surface area contributed by atoms with E-state index in [2.05, 4.69) is 10.3 Å². The molecule has 8 heteroatoms. The molecule has 0 saturated carbocycles. The van der Waals surface area contributed by atoms with Crippen molar-refractivity contribution in [3.05, 3.63) is 94.7 Å². The Hall–Kier alpha value is -3.94. The highest BCUT2D eigenvalue weighted by Gasteiger charge is 2.14. The van der Waals surface area contributed by atoms with E-state index in [0.717, 1.165) is 5.56 Å². The maximum absolute atomic E-state index is 13.2. The number of carbonyl (C=O) groups is 1. The highest BCUT2D eigenvalue weighted by atomic mass is 19.1. The van der Waals surface area contributed by atoms with Crippen molar-refractivity contribution in [1.29, 1.82) is 0 Å². The molecule has 30 heavy (non-hydrogen) atoms. The lowest BCUT2D eigenvalue weighted by molar-refractivity contribution is -0.116. The number of hydrogen-bond donors (Lipinski definition) is 1. The molecule has 0 fully saturated rings. The molecule has 0 saturated heterocycles. The number of halogens is 1. The average molecular weight is 406 g/mol. The summed E-state index contributed by atoms with van der Waals surface area (Å²) < 4.78 is 21.4. The van der Waals surface area contributed by atoms with Crippen molar-refractivity contribution in [1.82, 2.24) is 19.4 Å². The van der Waals surface area contributed by atoms with Gasteiger partial charge in [-0.15, -0.1) is 0 Å². The molecule has 4 rings (SSSR count). The summed E-state index contributed by atoms with van der Waals surface area (Å²) in [6.45, 7) is 0.823. The van der Waals surface area contributed by atoms with Crippen molar-refractivity contribution >= 4 is 23.1 Å². The number of fused-ring (bicyclic) bond motifs is 1. The minimum Gasteiger partial charge on any atom is -0.465 e. The van der Waals surface area contributed by atoms with E-state index in [4.69, 9.17) is 4.42 Å². The number of carbonyl (C=O) groups excluding carboxylic acids is 1. The molecule has 3 aromatic heterocycles. The normalized spacial score (nSPS) is 11.4. The molecule has 4 aromatic rings. The number of aromatic nitrogens is 3. The number of furan rings is 1. The fraction of sp³-hybridized carbons (Fsp3) is 0.136. The molecular formula is C22H19FN4O3. The lowest BCUT2D eigenvalue weighted by Gasteiger charge is -2.04. The molecule has 1 aromatic carbocycles. The lowest BCUT2D eigenvalue weighted by Crippen LogP contribution is -2.31. The molecule has 0 aliphatic rings. The van der Waals surface area contributed by atoms with Gasteiger partial charge in [0.15, 0.2) is 5.65 Å². The van der Waals surface area contributed by atoms with Gasteiger partial charge < -0.3 is 9.73 Å². The quantitative estimate of drug-likeness (QED) is 0.479. The lowest BCUT2D eigenvalue weighted by atomic mass is 10.2. The first-order chi connectivity index (χ1) is 14.6. The maximum Gasteiger partial charge on any atom is 0.330 e. The van der Waals surface area contributed by atoms with Crippen LogP contribution in [-0.2, 0) is 17.9 Å². The Morgan fingerprint density at radius 3 is 2.73 bits per heavy atom. The second-order valence-electron chi connectivity index (χ2n) is 6.63. The summed E-state index contributed by atoms with van der Waals surface area (Å²) in [7, 11) is 0. The van der Waals surface area contributed by atoms with Crippen LogP contribution in [0.25, 0.3) is 17.2 Å². The van der Waals surface area contributed by atoms with Gasteiger partial charge in [0, 0.05) is 25.4 Å². The second kappa shape index (κ2) is 8.60. The summed E-state index contributed by atoms with van der Waals surface area (Å²) in [5, 5.41) is 2.74. The molecule has 1 amide bonds. The molecule has 0 bridgehead atoms. The standard InChI is InChI=1S/C22H19FN4O3/c23-17-7-5-16(6-8-17)15-27-19-4-1-11-25-21(19)26(22(27)29)13-12-24-20(28)10-9-18-3-2-14-30-18/h1-11,14H,12-13,15H2,(H,24,28)/b10-9+. The molecule has 0 aliphatic heterocycles. The maximum atomic E-state index is 13.2. The zero-order valence-corrected chi connectivity index (χ0v) is 16.0. The third-order valence-electron chi connectivity index (χ3n) is 4.61. The van der Waals surface area contributed by atoms with E-state index in [1.54, 1.807) is 47.2 Å². The van der Waals surface area contributed by atoms with Gasteiger partial charge in [-0.3, -0.25) is 13.9 Å². The fourth-order valence-electron chi connectivity index (χ4n) is 3.17. The first-order valence-electron chi connectivity index (χ1n) is 9.40. The first kappa shape index (κ1) is 19.4. The number of rotatable bonds is 7. The van der Waals surface area contributed by atoms with Crippen molar-refractivity contribution in [2.24, 2.45) is 0 Å². The van der Waals surface area contributed by atoms with E-state index in [1.807, 2.05) is 6.07 Å². The number of nitrogens with zero attached hydrogens (tertiary/aromatic N) is 3. The Kier molecular flexibility index (Phi) is 5.56. The second-order valence-corrected chi connectivity index (χ2v) is 6.63. The van der Waals surface area contributed by atoms with E-state index < -0.39 is 0 Å². The third-order valence-corrected chi connectivity index (χ3v) is 4.61. The van der Waals surface area contributed by atoms with Crippen molar-refractivity contribution < 1.29 is 13.6 Å². The summed E-state index contributed by atoms with van der Waals surface area (Å²) in [5.74, 6) is -0.0380. The highest BCUT2D eigenvalue weighted by Crippen LogP contribution is 2.12. The van der Waals surface area contributed by atoms with Crippen LogP contribution in [-0.4, -0.2) is 26.6 Å². The first-order valence-corrected chi connectivity index (χ1v) is 9.40. The minimum absolute atomic E-state index is 0.242. The molecular weight excluding hydrogens is 387 g/mol. The zero-order chi connectivity index (χ0) is 20.9. The Morgan fingerprint density at radius 1 is 1.13 bits per heavy atom. The van der Waals surface area contributed by atoms with Crippen LogP contribution in [0.1, 0.15) is 11.3 Å². The number of hydrogen-bond acceptors (Lipinski definition) is 4. The van der Waals surface area contributed by atoms with Gasteiger partial charge in [-0.1, -0.05) is 12.1 Å². The largest absolute Gasteiger partial charge is 0.465 e. The van der Waals surface area contributed by atoms with Gasteiger partial charge in [0.1, 0.15) is 11.6 Å². The van der Waals surface area contributed by atoms with Crippen LogP contribution < -0.4 is 11.0 Å². The number of pyridine rings is 1.